The number of piperidine rings is 1. The first-order valence-corrected chi connectivity index (χ1v) is 24.4. The topological polar surface area (TPSA) is 217 Å². The summed E-state index contributed by atoms with van der Waals surface area (Å²) in [6.45, 7) is 9.08. The molecule has 3 aromatic carbocycles. The molecular formula is C47H53N4O12S2+. The molecule has 4 heterocycles. The Morgan fingerprint density at radius 3 is 2.23 bits per heavy atom. The molecule has 2 unspecified atom stereocenters. The van der Waals surface area contributed by atoms with Crippen LogP contribution < -0.4 is 4.90 Å². The molecule has 0 radical (unpaired) electrons. The van der Waals surface area contributed by atoms with Gasteiger partial charge in [0.1, 0.15) is 12.6 Å². The molecule has 18 heteroatoms. The monoisotopic (exact) mass is 929 g/mol. The number of rotatable bonds is 18. The molecule has 4 aliphatic rings. The number of nitro benzene ring substituents is 1. The van der Waals surface area contributed by atoms with Gasteiger partial charge in [0.05, 0.1) is 20.1 Å². The number of hydrogen-bond acceptors (Lipinski definition) is 11. The van der Waals surface area contributed by atoms with Gasteiger partial charge in [-0.25, -0.2) is 4.79 Å². The van der Waals surface area contributed by atoms with Gasteiger partial charge in [-0.1, -0.05) is 62.8 Å². The molecule has 0 spiro atoms. The average molecular weight is 930 g/mol. The van der Waals surface area contributed by atoms with Crippen molar-refractivity contribution in [3.05, 3.63) is 136 Å². The molecule has 2 fully saturated rings. The Bertz CT molecular complexity index is 2770. The summed E-state index contributed by atoms with van der Waals surface area (Å²) in [5.41, 5.74) is 4.59. The van der Waals surface area contributed by atoms with Crippen molar-refractivity contribution in [2.75, 3.05) is 18.0 Å². The van der Waals surface area contributed by atoms with Crippen LogP contribution in [0.25, 0.3) is 0 Å². The molecule has 344 valence electrons. The van der Waals surface area contributed by atoms with Crippen molar-refractivity contribution >= 4 is 54.9 Å². The molecular weight excluding hydrogens is 877 g/mol. The molecule has 16 nitrogen and oxygen atoms in total. The van der Waals surface area contributed by atoms with E-state index < -0.39 is 48.2 Å². The maximum Gasteiger partial charge on any atom is 0.332 e. The molecule has 0 aliphatic carbocycles. The summed E-state index contributed by atoms with van der Waals surface area (Å²) in [5, 5.41) is 12.2. The number of hydrogen-bond donors (Lipinski definition) is 2. The van der Waals surface area contributed by atoms with Crippen molar-refractivity contribution in [3.63, 3.8) is 0 Å². The number of aryl methyl sites for hydroxylation is 1. The quantitative estimate of drug-likeness (QED) is 0.0237. The van der Waals surface area contributed by atoms with Crippen LogP contribution in [0, 0.1) is 10.1 Å². The number of allylic oxidation sites excluding steroid dienone is 8. The number of nitrogens with zero attached hydrogens (tertiary/aromatic N) is 4. The van der Waals surface area contributed by atoms with Crippen molar-refractivity contribution in [1.29, 1.82) is 0 Å². The number of benzene rings is 3. The van der Waals surface area contributed by atoms with E-state index in [1.807, 2.05) is 70.2 Å². The lowest BCUT2D eigenvalue weighted by molar-refractivity contribution is -0.438. The third-order valence-corrected chi connectivity index (χ3v) is 14.1. The normalized spacial score (nSPS) is 20.6. The number of epoxide rings is 1. The number of nitro groups is 1. The Kier molecular flexibility index (Phi) is 13.5. The summed E-state index contributed by atoms with van der Waals surface area (Å²) in [7, 11) is -8.89. The Hall–Kier alpha value is -5.79. The van der Waals surface area contributed by atoms with Crippen LogP contribution in [0.15, 0.2) is 119 Å². The largest absolute Gasteiger partial charge is 0.344 e. The number of non-ortho nitro benzene ring substituents is 1. The van der Waals surface area contributed by atoms with E-state index in [-0.39, 0.29) is 40.3 Å². The Balaban J connectivity index is 1.05. The van der Waals surface area contributed by atoms with Crippen molar-refractivity contribution in [3.8, 4) is 0 Å². The summed E-state index contributed by atoms with van der Waals surface area (Å²) in [6, 6.07) is 15.6. The van der Waals surface area contributed by atoms with Crippen molar-refractivity contribution < 1.29 is 54.6 Å². The standard InChI is InChI=1S/C47H52N4O12S2/c1-46(2)36-30-34(64(56,57)58)22-24-38(36)48(28-12-8-11-17-44(53)63-50-43(52)27-26-40-45(50)62-40)41(46)15-9-6-5-7-10-16-42-47(3,4)37-31-35(65(59,60)61)23-25-39(37)49(42)29-13-14-32-18-20-33(21-19-32)51(54)55/h5-7,9-10,15-16,18-25,30-31,40,45H,8,11-14,17,26-29H2,1-4H3,(H-,56,57,58,59,60,61)/p+1. The first kappa shape index (κ1) is 47.2. The molecule has 3 aromatic rings. The molecule has 0 aromatic heterocycles. The number of hydroxylamine groups is 2. The minimum Gasteiger partial charge on any atom is -0.344 e. The summed E-state index contributed by atoms with van der Waals surface area (Å²) in [5.74, 6) is -0.754. The molecule has 2 atom stereocenters. The first-order valence-electron chi connectivity index (χ1n) is 21.5. The second-order valence-corrected chi connectivity index (χ2v) is 20.4. The summed E-state index contributed by atoms with van der Waals surface area (Å²) >= 11 is 0. The molecule has 4 aliphatic heterocycles. The van der Waals surface area contributed by atoms with Crippen LogP contribution in [0.5, 0.6) is 0 Å². The van der Waals surface area contributed by atoms with E-state index in [2.05, 4.69) is 9.48 Å². The van der Waals surface area contributed by atoms with Crippen molar-refractivity contribution in [2.24, 2.45) is 0 Å². The fourth-order valence-corrected chi connectivity index (χ4v) is 9.88. The predicted molar refractivity (Wildman–Crippen MR) is 242 cm³/mol. The lowest BCUT2D eigenvalue weighted by atomic mass is 9.81. The van der Waals surface area contributed by atoms with E-state index in [4.69, 9.17) is 9.57 Å². The van der Waals surface area contributed by atoms with Crippen LogP contribution in [0.2, 0.25) is 0 Å². The zero-order valence-electron chi connectivity index (χ0n) is 36.6. The number of ether oxygens (including phenoxy) is 1. The van der Waals surface area contributed by atoms with E-state index in [0.717, 1.165) is 44.5 Å². The smallest absolute Gasteiger partial charge is 0.332 e. The average Bonchev–Trinajstić information content (AvgIpc) is 3.96. The minimum atomic E-state index is -4.45. The Morgan fingerprint density at radius 1 is 0.877 bits per heavy atom. The first-order chi connectivity index (χ1) is 30.7. The van der Waals surface area contributed by atoms with Gasteiger partial charge in [0, 0.05) is 72.4 Å². The van der Waals surface area contributed by atoms with E-state index in [1.54, 1.807) is 24.3 Å². The van der Waals surface area contributed by atoms with Crippen LogP contribution in [0.4, 0.5) is 17.1 Å². The highest BCUT2D eigenvalue weighted by atomic mass is 32.2. The maximum absolute atomic E-state index is 12.5. The van der Waals surface area contributed by atoms with Crippen LogP contribution in [0.3, 0.4) is 0 Å². The van der Waals surface area contributed by atoms with Gasteiger partial charge in [-0.15, -0.1) is 5.06 Å². The van der Waals surface area contributed by atoms with Crippen molar-refractivity contribution in [1.82, 2.24) is 5.06 Å². The summed E-state index contributed by atoms with van der Waals surface area (Å²) < 4.78 is 75.7. The van der Waals surface area contributed by atoms with Crippen LogP contribution in [-0.2, 0) is 56.7 Å². The summed E-state index contributed by atoms with van der Waals surface area (Å²) in [4.78, 5) is 42.5. The number of unbranched alkanes of at least 4 members (excludes halogenated alkanes) is 2. The third kappa shape index (κ3) is 10.4. The van der Waals surface area contributed by atoms with E-state index >= 15 is 0 Å². The molecule has 0 saturated carbocycles. The number of carbonyl (C=O) groups is 2. The molecule has 1 amide bonds. The maximum atomic E-state index is 12.5. The molecule has 7 rings (SSSR count). The van der Waals surface area contributed by atoms with E-state index in [9.17, 15) is 45.6 Å². The molecule has 2 N–H and O–H groups in total. The number of amides is 1. The number of fused-ring (bicyclic) bond motifs is 3. The van der Waals surface area contributed by atoms with Gasteiger partial charge < -0.3 is 14.5 Å². The van der Waals surface area contributed by atoms with E-state index in [0.29, 0.717) is 51.6 Å². The van der Waals surface area contributed by atoms with Gasteiger partial charge in [0.15, 0.2) is 11.9 Å². The third-order valence-electron chi connectivity index (χ3n) is 12.4. The second kappa shape index (κ2) is 18.6. The predicted octanol–water partition coefficient (Wildman–Crippen LogP) is 7.81. The lowest BCUT2D eigenvalue weighted by Crippen LogP contribution is -2.39. The molecule has 2 saturated heterocycles. The summed E-state index contributed by atoms with van der Waals surface area (Å²) in [6.07, 6.45) is 17.1. The van der Waals surface area contributed by atoms with Gasteiger partial charge in [0.2, 0.25) is 5.69 Å². The van der Waals surface area contributed by atoms with Gasteiger partial charge in [0.25, 0.3) is 31.8 Å². The lowest BCUT2D eigenvalue weighted by Gasteiger charge is -2.27. The van der Waals surface area contributed by atoms with E-state index in [1.165, 1.54) is 36.4 Å². The van der Waals surface area contributed by atoms with Gasteiger partial charge in [-0.3, -0.25) is 24.0 Å². The highest BCUT2D eigenvalue weighted by molar-refractivity contribution is 7.86. The van der Waals surface area contributed by atoms with Crippen LogP contribution in [-0.4, -0.2) is 83.5 Å². The highest BCUT2D eigenvalue weighted by Gasteiger charge is 2.52. The fourth-order valence-electron chi connectivity index (χ4n) is 8.87. The Labute approximate surface area is 378 Å². The van der Waals surface area contributed by atoms with Gasteiger partial charge >= 0.3 is 5.97 Å². The van der Waals surface area contributed by atoms with Gasteiger partial charge in [-0.05, 0) is 87.1 Å². The molecule has 0 bridgehead atoms. The van der Waals surface area contributed by atoms with Gasteiger partial charge in [-0.2, -0.15) is 21.4 Å². The SMILES string of the molecule is CC1(C)C(/C=C/C=C/C=C/C=C2/N(CCCCCC(=O)ON3C(=O)CCC4OC43)c3ccc(S(=O)(=O)O)cc3C2(C)C)=[N+](CCCc2ccc([N+](=O)[O-])cc2)c2ccc(S(=O)(=O)O)cc21. The number of anilines is 1. The second-order valence-electron chi connectivity index (χ2n) is 17.6. The number of carbonyl (C=O) groups excluding carboxylic acids is 2. The van der Waals surface area contributed by atoms with Crippen molar-refractivity contribution in [2.45, 2.75) is 112 Å². The fraction of sp³-hybridized carbons (Fsp3) is 0.383. The highest BCUT2D eigenvalue weighted by Crippen LogP contribution is 2.49. The van der Waals surface area contributed by atoms with Crippen LogP contribution in [0.1, 0.15) is 89.3 Å². The van der Waals surface area contributed by atoms with Crippen LogP contribution >= 0.6 is 0 Å². The zero-order valence-corrected chi connectivity index (χ0v) is 38.3. The Morgan fingerprint density at radius 2 is 1.54 bits per heavy atom. The molecule has 65 heavy (non-hydrogen) atoms. The zero-order chi connectivity index (χ0) is 46.9. The minimum absolute atomic E-state index is 0.0210.